The van der Waals surface area contributed by atoms with Crippen molar-refractivity contribution in [3.05, 3.63) is 16.6 Å². The maximum atomic E-state index is 6.40. The van der Waals surface area contributed by atoms with E-state index in [0.29, 0.717) is 0 Å². The summed E-state index contributed by atoms with van der Waals surface area (Å²) < 4.78 is 5.82. The Morgan fingerprint density at radius 3 is 2.65 bits per heavy atom. The fourth-order valence-corrected chi connectivity index (χ4v) is 3.46. The van der Waals surface area contributed by atoms with Crippen LogP contribution in [0.2, 0.25) is 0 Å². The summed E-state index contributed by atoms with van der Waals surface area (Å²) in [5, 5.41) is 3.13. The average Bonchev–Trinajstić information content (AvgIpc) is 2.72. The predicted octanol–water partition coefficient (Wildman–Crippen LogP) is 2.75. The highest BCUT2D eigenvalue weighted by Gasteiger charge is 2.37. The van der Waals surface area contributed by atoms with Crippen LogP contribution in [0.25, 0.3) is 0 Å². The van der Waals surface area contributed by atoms with Gasteiger partial charge in [0, 0.05) is 31.1 Å². The van der Waals surface area contributed by atoms with Crippen LogP contribution in [0.3, 0.4) is 0 Å². The maximum Gasteiger partial charge on any atom is 0.0941 e. The first-order chi connectivity index (χ1) is 8.27. The van der Waals surface area contributed by atoms with Gasteiger partial charge in [-0.05, 0) is 12.8 Å². The van der Waals surface area contributed by atoms with E-state index >= 15 is 0 Å². The van der Waals surface area contributed by atoms with Crippen molar-refractivity contribution in [2.24, 2.45) is 5.73 Å². The van der Waals surface area contributed by atoms with E-state index in [2.05, 4.69) is 4.98 Å². The van der Waals surface area contributed by atoms with Crippen LogP contribution >= 0.6 is 11.3 Å². The maximum absolute atomic E-state index is 6.40. The van der Waals surface area contributed by atoms with Crippen LogP contribution < -0.4 is 5.73 Å². The third kappa shape index (κ3) is 3.06. The number of thiazole rings is 1. The summed E-state index contributed by atoms with van der Waals surface area (Å²) in [6, 6.07) is 0.0664. The molecule has 0 spiro atoms. The summed E-state index contributed by atoms with van der Waals surface area (Å²) >= 11 is 1.68. The fourth-order valence-electron chi connectivity index (χ4n) is 2.78. The number of ether oxygens (including phenoxy) is 1. The minimum atomic E-state index is -0.123. The van der Waals surface area contributed by atoms with Crippen LogP contribution in [0.4, 0.5) is 0 Å². The molecular weight excluding hydrogens is 232 g/mol. The molecule has 1 unspecified atom stereocenters. The summed E-state index contributed by atoms with van der Waals surface area (Å²) in [5.74, 6) is 0. The lowest BCUT2D eigenvalue weighted by atomic mass is 9.85. The summed E-state index contributed by atoms with van der Waals surface area (Å²) in [4.78, 5) is 4.32. The van der Waals surface area contributed by atoms with Crippen molar-refractivity contribution in [1.82, 2.24) is 4.98 Å². The Bertz CT molecular complexity index is 318. The van der Waals surface area contributed by atoms with Crippen molar-refractivity contribution < 1.29 is 4.74 Å². The van der Waals surface area contributed by atoms with Crippen LogP contribution in [-0.2, 0) is 11.2 Å². The molecule has 1 aliphatic carbocycles. The highest BCUT2D eigenvalue weighted by molar-refractivity contribution is 7.09. The van der Waals surface area contributed by atoms with E-state index in [1.54, 1.807) is 11.3 Å². The van der Waals surface area contributed by atoms with Gasteiger partial charge in [-0.2, -0.15) is 0 Å². The first kappa shape index (κ1) is 13.0. The van der Waals surface area contributed by atoms with Gasteiger partial charge in [-0.15, -0.1) is 11.3 Å². The lowest BCUT2D eigenvalue weighted by Crippen LogP contribution is -2.50. The summed E-state index contributed by atoms with van der Waals surface area (Å²) in [6.45, 7) is 0. The topological polar surface area (TPSA) is 48.1 Å². The number of nitrogens with zero attached hydrogens (tertiary/aromatic N) is 1. The number of methoxy groups -OCH3 is 1. The minimum Gasteiger partial charge on any atom is -0.377 e. The molecule has 2 N–H and O–H groups in total. The second-order valence-electron chi connectivity index (χ2n) is 4.92. The SMILES string of the molecule is COC1(C(N)Cc2nccs2)CCCCCC1. The Morgan fingerprint density at radius 2 is 2.12 bits per heavy atom. The molecule has 0 aliphatic heterocycles. The van der Waals surface area contributed by atoms with Crippen LogP contribution in [0.5, 0.6) is 0 Å². The Balaban J connectivity index is 2.04. The standard InChI is InChI=1S/C13H22N2OS/c1-16-13(6-4-2-3-5-7-13)11(14)10-12-15-8-9-17-12/h8-9,11H,2-7,10,14H2,1H3. The van der Waals surface area contributed by atoms with Crippen molar-refractivity contribution in [3.8, 4) is 0 Å². The van der Waals surface area contributed by atoms with Gasteiger partial charge < -0.3 is 10.5 Å². The highest BCUT2D eigenvalue weighted by atomic mass is 32.1. The highest BCUT2D eigenvalue weighted by Crippen LogP contribution is 2.33. The quantitative estimate of drug-likeness (QED) is 0.840. The zero-order chi connectivity index (χ0) is 12.1. The Labute approximate surface area is 107 Å². The molecule has 0 saturated heterocycles. The van der Waals surface area contributed by atoms with Gasteiger partial charge in [0.05, 0.1) is 10.6 Å². The molecule has 1 atom stereocenters. The number of hydrogen-bond acceptors (Lipinski definition) is 4. The van der Waals surface area contributed by atoms with Gasteiger partial charge in [-0.3, -0.25) is 0 Å². The Hall–Kier alpha value is -0.450. The van der Waals surface area contributed by atoms with E-state index in [4.69, 9.17) is 10.5 Å². The van der Waals surface area contributed by atoms with Crippen molar-refractivity contribution >= 4 is 11.3 Å². The van der Waals surface area contributed by atoms with Crippen LogP contribution in [0, 0.1) is 0 Å². The van der Waals surface area contributed by atoms with E-state index in [0.717, 1.165) is 24.3 Å². The van der Waals surface area contributed by atoms with Gasteiger partial charge in [0.1, 0.15) is 0 Å². The normalized spacial score (nSPS) is 22.0. The van der Waals surface area contributed by atoms with E-state index in [9.17, 15) is 0 Å². The summed E-state index contributed by atoms with van der Waals surface area (Å²) in [6.07, 6.45) is 9.97. The van der Waals surface area contributed by atoms with Crippen molar-refractivity contribution in [1.29, 1.82) is 0 Å². The van der Waals surface area contributed by atoms with Crippen molar-refractivity contribution in [2.45, 2.75) is 56.6 Å². The van der Waals surface area contributed by atoms with Crippen LogP contribution in [0.15, 0.2) is 11.6 Å². The van der Waals surface area contributed by atoms with Crippen LogP contribution in [-0.4, -0.2) is 23.7 Å². The van der Waals surface area contributed by atoms with Gasteiger partial charge in [0.2, 0.25) is 0 Å². The first-order valence-electron chi connectivity index (χ1n) is 6.46. The Kier molecular flexibility index (Phi) is 4.54. The lowest BCUT2D eigenvalue weighted by molar-refractivity contribution is -0.0430. The smallest absolute Gasteiger partial charge is 0.0941 e. The van der Waals surface area contributed by atoms with Gasteiger partial charge in [0.15, 0.2) is 0 Å². The molecule has 1 aromatic rings. The Morgan fingerprint density at radius 1 is 1.41 bits per heavy atom. The molecule has 1 saturated carbocycles. The molecule has 1 heterocycles. The molecule has 0 aromatic carbocycles. The average molecular weight is 254 g/mol. The molecule has 17 heavy (non-hydrogen) atoms. The first-order valence-corrected chi connectivity index (χ1v) is 7.34. The minimum absolute atomic E-state index is 0.0664. The third-order valence-electron chi connectivity index (χ3n) is 3.91. The van der Waals surface area contributed by atoms with E-state index in [1.165, 1.54) is 25.7 Å². The van der Waals surface area contributed by atoms with Gasteiger partial charge in [-0.1, -0.05) is 25.7 Å². The predicted molar refractivity (Wildman–Crippen MR) is 71.2 cm³/mol. The lowest BCUT2D eigenvalue weighted by Gasteiger charge is -2.36. The van der Waals surface area contributed by atoms with Gasteiger partial charge in [0.25, 0.3) is 0 Å². The number of rotatable bonds is 4. The molecule has 3 nitrogen and oxygen atoms in total. The molecule has 0 radical (unpaired) electrons. The molecule has 96 valence electrons. The number of nitrogens with two attached hydrogens (primary N) is 1. The molecule has 2 rings (SSSR count). The zero-order valence-corrected chi connectivity index (χ0v) is 11.3. The second kappa shape index (κ2) is 5.94. The molecular formula is C13H22N2OS. The molecule has 0 bridgehead atoms. The molecule has 0 amide bonds. The number of hydrogen-bond donors (Lipinski definition) is 1. The third-order valence-corrected chi connectivity index (χ3v) is 4.71. The van der Waals surface area contributed by atoms with Gasteiger partial charge in [-0.25, -0.2) is 4.98 Å². The monoisotopic (exact) mass is 254 g/mol. The summed E-state index contributed by atoms with van der Waals surface area (Å²) in [7, 11) is 1.81. The van der Waals surface area contributed by atoms with E-state index < -0.39 is 0 Å². The van der Waals surface area contributed by atoms with Crippen LogP contribution in [0.1, 0.15) is 43.5 Å². The fraction of sp³-hybridized carbons (Fsp3) is 0.769. The zero-order valence-electron chi connectivity index (χ0n) is 10.5. The summed E-state index contributed by atoms with van der Waals surface area (Å²) in [5.41, 5.74) is 6.27. The van der Waals surface area contributed by atoms with Crippen molar-refractivity contribution in [2.75, 3.05) is 7.11 Å². The van der Waals surface area contributed by atoms with Crippen molar-refractivity contribution in [3.63, 3.8) is 0 Å². The molecule has 1 fully saturated rings. The van der Waals surface area contributed by atoms with Gasteiger partial charge >= 0.3 is 0 Å². The van der Waals surface area contributed by atoms with E-state index in [-0.39, 0.29) is 11.6 Å². The van der Waals surface area contributed by atoms with E-state index in [1.807, 2.05) is 18.7 Å². The largest absolute Gasteiger partial charge is 0.377 e. The molecule has 4 heteroatoms. The number of aromatic nitrogens is 1. The molecule has 1 aliphatic rings. The second-order valence-corrected chi connectivity index (χ2v) is 5.90. The molecule has 1 aromatic heterocycles.